The highest BCUT2D eigenvalue weighted by Crippen LogP contribution is 2.03. The fraction of sp³-hybridized carbons (Fsp3) is 0.643. The molecule has 104 valence electrons. The first kappa shape index (κ1) is 13.0. The lowest BCUT2D eigenvalue weighted by Gasteiger charge is -2.37. The molecule has 0 amide bonds. The maximum absolute atomic E-state index is 5.51. The Kier molecular flexibility index (Phi) is 4.40. The van der Waals surface area contributed by atoms with Crippen molar-refractivity contribution in [2.24, 2.45) is 0 Å². The van der Waals surface area contributed by atoms with Crippen LogP contribution in [-0.2, 0) is 9.47 Å². The van der Waals surface area contributed by atoms with Crippen molar-refractivity contribution in [3.63, 3.8) is 0 Å². The first-order valence-electron chi connectivity index (χ1n) is 7.20. The van der Waals surface area contributed by atoms with Crippen LogP contribution in [-0.4, -0.2) is 57.6 Å². The number of rotatable bonds is 3. The van der Waals surface area contributed by atoms with Crippen molar-refractivity contribution in [3.05, 3.63) is 30.1 Å². The molecule has 0 unspecified atom stereocenters. The van der Waals surface area contributed by atoms with E-state index < -0.39 is 0 Å². The lowest BCUT2D eigenvalue weighted by Crippen LogP contribution is -3.32. The average Bonchev–Trinajstić information content (AvgIpc) is 2.51. The lowest BCUT2D eigenvalue weighted by molar-refractivity contribution is -1.14. The zero-order valence-electron chi connectivity index (χ0n) is 11.3. The summed E-state index contributed by atoms with van der Waals surface area (Å²) in [5, 5.41) is 0. The van der Waals surface area contributed by atoms with Crippen LogP contribution in [0.3, 0.4) is 0 Å². The van der Waals surface area contributed by atoms with E-state index in [2.05, 4.69) is 17.1 Å². The number of pyridine rings is 1. The van der Waals surface area contributed by atoms with Crippen LogP contribution in [0.15, 0.2) is 24.5 Å². The molecule has 2 saturated heterocycles. The Hall–Kier alpha value is -1.01. The van der Waals surface area contributed by atoms with Gasteiger partial charge in [-0.2, -0.15) is 0 Å². The van der Waals surface area contributed by atoms with Gasteiger partial charge < -0.3 is 9.47 Å². The Balaban J connectivity index is 1.81. The summed E-state index contributed by atoms with van der Waals surface area (Å²) < 4.78 is 11.0. The van der Waals surface area contributed by atoms with Gasteiger partial charge in [-0.15, -0.1) is 0 Å². The molecule has 2 fully saturated rings. The molecule has 0 aliphatic carbocycles. The Morgan fingerprint density at radius 2 is 1.32 bits per heavy atom. The number of nitrogens with zero attached hydrogens (tertiary/aromatic N) is 1. The molecule has 19 heavy (non-hydrogen) atoms. The standard InChI is InChI=1S/C14H21N3O2/c1-3-15-4-2-13(1)14(16-5-9-18-10-6-16)17-7-11-19-12-8-17/h1-4,14H,5-12H2/p+2. The summed E-state index contributed by atoms with van der Waals surface area (Å²) in [7, 11) is 0. The molecule has 1 aromatic rings. The van der Waals surface area contributed by atoms with Crippen molar-refractivity contribution in [3.8, 4) is 0 Å². The molecule has 1 aromatic heterocycles. The van der Waals surface area contributed by atoms with Gasteiger partial charge in [-0.3, -0.25) is 14.8 Å². The summed E-state index contributed by atoms with van der Waals surface area (Å²) in [5.74, 6) is 0. The molecule has 2 N–H and O–H groups in total. The molecule has 0 spiro atoms. The first-order valence-corrected chi connectivity index (χ1v) is 7.20. The molecule has 2 aliphatic heterocycles. The van der Waals surface area contributed by atoms with E-state index in [-0.39, 0.29) is 0 Å². The number of ether oxygens (including phenoxy) is 2. The Labute approximate surface area is 114 Å². The van der Waals surface area contributed by atoms with Crippen LogP contribution < -0.4 is 9.80 Å². The molecular weight excluding hydrogens is 242 g/mol. The van der Waals surface area contributed by atoms with Crippen molar-refractivity contribution < 1.29 is 19.3 Å². The molecule has 0 atom stereocenters. The quantitative estimate of drug-likeness (QED) is 0.658. The van der Waals surface area contributed by atoms with E-state index in [0.717, 1.165) is 52.6 Å². The number of hydrogen-bond donors (Lipinski definition) is 2. The first-order chi connectivity index (χ1) is 9.45. The monoisotopic (exact) mass is 265 g/mol. The van der Waals surface area contributed by atoms with Gasteiger partial charge in [0.1, 0.15) is 26.2 Å². The van der Waals surface area contributed by atoms with Gasteiger partial charge in [-0.05, 0) is 12.1 Å². The second-order valence-corrected chi connectivity index (χ2v) is 5.25. The van der Waals surface area contributed by atoms with Crippen molar-refractivity contribution in [2.45, 2.75) is 6.17 Å². The van der Waals surface area contributed by atoms with Gasteiger partial charge in [0.15, 0.2) is 0 Å². The largest absolute Gasteiger partial charge is 0.370 e. The molecule has 0 bridgehead atoms. The second-order valence-electron chi connectivity index (χ2n) is 5.25. The molecule has 5 nitrogen and oxygen atoms in total. The van der Waals surface area contributed by atoms with E-state index in [0.29, 0.717) is 6.17 Å². The number of hydrogen-bond acceptors (Lipinski definition) is 3. The van der Waals surface area contributed by atoms with Gasteiger partial charge in [-0.25, -0.2) is 0 Å². The number of quaternary nitrogens is 2. The van der Waals surface area contributed by atoms with E-state index in [4.69, 9.17) is 9.47 Å². The maximum Gasteiger partial charge on any atom is 0.240 e. The highest BCUT2D eigenvalue weighted by Gasteiger charge is 2.35. The van der Waals surface area contributed by atoms with Crippen LogP contribution in [0, 0.1) is 0 Å². The number of aromatic nitrogens is 1. The maximum atomic E-state index is 5.51. The molecule has 0 saturated carbocycles. The summed E-state index contributed by atoms with van der Waals surface area (Å²) in [4.78, 5) is 7.42. The minimum absolute atomic E-state index is 0.496. The van der Waals surface area contributed by atoms with Gasteiger partial charge in [0, 0.05) is 12.4 Å². The van der Waals surface area contributed by atoms with E-state index in [9.17, 15) is 0 Å². The highest BCUT2D eigenvalue weighted by molar-refractivity contribution is 5.10. The van der Waals surface area contributed by atoms with Crippen LogP contribution >= 0.6 is 0 Å². The molecular formula is C14H23N3O2+2. The van der Waals surface area contributed by atoms with Gasteiger partial charge in [0.2, 0.25) is 6.17 Å². The number of morpholine rings is 2. The predicted octanol–water partition coefficient (Wildman–Crippen LogP) is -2.09. The minimum Gasteiger partial charge on any atom is -0.370 e. The van der Waals surface area contributed by atoms with Gasteiger partial charge >= 0.3 is 0 Å². The second kappa shape index (κ2) is 6.43. The Bertz CT molecular complexity index is 358. The van der Waals surface area contributed by atoms with Crippen LogP contribution in [0.5, 0.6) is 0 Å². The topological polar surface area (TPSA) is 40.2 Å². The normalized spacial score (nSPS) is 22.8. The highest BCUT2D eigenvalue weighted by atomic mass is 16.5. The lowest BCUT2D eigenvalue weighted by atomic mass is 10.1. The summed E-state index contributed by atoms with van der Waals surface area (Å²) in [6.45, 7) is 7.88. The molecule has 0 radical (unpaired) electrons. The average molecular weight is 265 g/mol. The third-order valence-electron chi connectivity index (χ3n) is 4.13. The van der Waals surface area contributed by atoms with Crippen molar-refractivity contribution in [2.75, 3.05) is 52.6 Å². The third-order valence-corrected chi connectivity index (χ3v) is 4.13. The van der Waals surface area contributed by atoms with Gasteiger partial charge in [0.05, 0.1) is 32.0 Å². The summed E-state index contributed by atoms with van der Waals surface area (Å²) in [6.07, 6.45) is 4.31. The van der Waals surface area contributed by atoms with E-state index in [1.807, 2.05) is 12.4 Å². The van der Waals surface area contributed by atoms with Crippen LogP contribution in [0.25, 0.3) is 0 Å². The van der Waals surface area contributed by atoms with Crippen molar-refractivity contribution >= 4 is 0 Å². The zero-order chi connectivity index (χ0) is 12.9. The molecule has 2 aliphatic rings. The van der Waals surface area contributed by atoms with Gasteiger partial charge in [-0.1, -0.05) is 0 Å². The van der Waals surface area contributed by atoms with E-state index in [1.54, 1.807) is 9.80 Å². The minimum atomic E-state index is 0.496. The Morgan fingerprint density at radius 3 is 1.79 bits per heavy atom. The van der Waals surface area contributed by atoms with Crippen LogP contribution in [0.2, 0.25) is 0 Å². The van der Waals surface area contributed by atoms with Crippen LogP contribution in [0.1, 0.15) is 11.7 Å². The predicted molar refractivity (Wildman–Crippen MR) is 70.0 cm³/mol. The van der Waals surface area contributed by atoms with Crippen molar-refractivity contribution in [1.82, 2.24) is 4.98 Å². The SMILES string of the molecule is c1cc(C([NH+]2CCOCC2)[NH+]2CCOCC2)ccn1. The van der Waals surface area contributed by atoms with Crippen LogP contribution in [0.4, 0.5) is 0 Å². The summed E-state index contributed by atoms with van der Waals surface area (Å²) in [6, 6.07) is 4.32. The van der Waals surface area contributed by atoms with Gasteiger partial charge in [0.25, 0.3) is 0 Å². The Morgan fingerprint density at radius 1 is 0.842 bits per heavy atom. The molecule has 5 heteroatoms. The molecule has 3 rings (SSSR count). The summed E-state index contributed by atoms with van der Waals surface area (Å²) >= 11 is 0. The molecule has 3 heterocycles. The fourth-order valence-electron chi connectivity index (χ4n) is 3.16. The number of nitrogens with one attached hydrogen (secondary N) is 2. The van der Waals surface area contributed by atoms with Crippen molar-refractivity contribution in [1.29, 1.82) is 0 Å². The van der Waals surface area contributed by atoms with E-state index in [1.165, 1.54) is 5.56 Å². The smallest absolute Gasteiger partial charge is 0.240 e. The molecule has 0 aromatic carbocycles. The fourth-order valence-corrected chi connectivity index (χ4v) is 3.16. The van der Waals surface area contributed by atoms with E-state index >= 15 is 0 Å². The summed E-state index contributed by atoms with van der Waals surface area (Å²) in [5.41, 5.74) is 1.39. The third kappa shape index (κ3) is 3.12. The zero-order valence-corrected chi connectivity index (χ0v) is 11.3.